The number of aromatic nitrogens is 2. The van der Waals surface area contributed by atoms with Crippen LogP contribution in [0.5, 0.6) is 0 Å². The molecule has 0 aliphatic heterocycles. The standard InChI is InChI=1S/C19H18N2O2S/c1-23-18(22)17-12-20-19(24-14-16-10-6-3-7-11-16)21(17)13-15-8-4-2-5-9-15/h2-12H,13-14H2,1H3. The van der Waals surface area contributed by atoms with Gasteiger partial charge in [0.2, 0.25) is 0 Å². The zero-order chi connectivity index (χ0) is 16.8. The van der Waals surface area contributed by atoms with E-state index in [0.29, 0.717) is 12.2 Å². The lowest BCUT2D eigenvalue weighted by Gasteiger charge is -2.11. The quantitative estimate of drug-likeness (QED) is 0.503. The minimum atomic E-state index is -0.370. The van der Waals surface area contributed by atoms with Gasteiger partial charge < -0.3 is 9.30 Å². The molecule has 0 amide bonds. The van der Waals surface area contributed by atoms with Crippen LogP contribution in [0.3, 0.4) is 0 Å². The first kappa shape index (κ1) is 16.3. The van der Waals surface area contributed by atoms with Gasteiger partial charge >= 0.3 is 5.97 Å². The minimum absolute atomic E-state index is 0.370. The van der Waals surface area contributed by atoms with Crippen molar-refractivity contribution in [3.05, 3.63) is 83.7 Å². The molecule has 1 heterocycles. The van der Waals surface area contributed by atoms with E-state index in [-0.39, 0.29) is 5.97 Å². The zero-order valence-electron chi connectivity index (χ0n) is 13.4. The number of rotatable bonds is 6. The summed E-state index contributed by atoms with van der Waals surface area (Å²) < 4.78 is 6.79. The SMILES string of the molecule is COC(=O)c1cnc(SCc2ccccc2)n1Cc1ccccc1. The molecule has 2 aromatic carbocycles. The molecular weight excluding hydrogens is 320 g/mol. The number of carbonyl (C=O) groups is 1. The van der Waals surface area contributed by atoms with Gasteiger partial charge in [-0.25, -0.2) is 9.78 Å². The van der Waals surface area contributed by atoms with Crippen molar-refractivity contribution in [2.24, 2.45) is 0 Å². The van der Waals surface area contributed by atoms with E-state index < -0.39 is 0 Å². The van der Waals surface area contributed by atoms with Crippen LogP contribution in [0, 0.1) is 0 Å². The normalized spacial score (nSPS) is 10.5. The molecule has 0 spiro atoms. The maximum atomic E-state index is 12.0. The summed E-state index contributed by atoms with van der Waals surface area (Å²) in [6.45, 7) is 0.586. The smallest absolute Gasteiger partial charge is 0.356 e. The van der Waals surface area contributed by atoms with Gasteiger partial charge in [-0.1, -0.05) is 72.4 Å². The maximum absolute atomic E-state index is 12.0. The predicted octanol–water partition coefficient (Wildman–Crippen LogP) is 4.01. The summed E-state index contributed by atoms with van der Waals surface area (Å²) in [7, 11) is 1.39. The number of imidazole rings is 1. The molecule has 122 valence electrons. The lowest BCUT2D eigenvalue weighted by atomic mass is 10.2. The van der Waals surface area contributed by atoms with Crippen molar-refractivity contribution in [2.75, 3.05) is 7.11 Å². The summed E-state index contributed by atoms with van der Waals surface area (Å²) in [5.74, 6) is 0.428. The third-order valence-corrected chi connectivity index (χ3v) is 4.67. The van der Waals surface area contributed by atoms with Crippen LogP contribution < -0.4 is 0 Å². The molecule has 0 atom stereocenters. The average molecular weight is 338 g/mol. The number of thioether (sulfide) groups is 1. The highest BCUT2D eigenvalue weighted by Crippen LogP contribution is 2.24. The van der Waals surface area contributed by atoms with Crippen molar-refractivity contribution in [3.63, 3.8) is 0 Å². The topological polar surface area (TPSA) is 44.1 Å². The summed E-state index contributed by atoms with van der Waals surface area (Å²) in [4.78, 5) is 16.4. The van der Waals surface area contributed by atoms with E-state index in [4.69, 9.17) is 4.74 Å². The molecule has 0 N–H and O–H groups in total. The number of carbonyl (C=O) groups excluding carboxylic acids is 1. The van der Waals surface area contributed by atoms with Gasteiger partial charge in [0.15, 0.2) is 5.16 Å². The van der Waals surface area contributed by atoms with Crippen molar-refractivity contribution >= 4 is 17.7 Å². The van der Waals surface area contributed by atoms with E-state index in [0.717, 1.165) is 16.5 Å². The predicted molar refractivity (Wildman–Crippen MR) is 95.1 cm³/mol. The molecule has 0 saturated carbocycles. The average Bonchev–Trinajstić information content (AvgIpc) is 3.03. The van der Waals surface area contributed by atoms with Gasteiger partial charge in [0, 0.05) is 5.75 Å². The highest BCUT2D eigenvalue weighted by molar-refractivity contribution is 7.98. The Morgan fingerprint density at radius 1 is 1.04 bits per heavy atom. The molecule has 0 bridgehead atoms. The molecule has 3 aromatic rings. The van der Waals surface area contributed by atoms with Crippen LogP contribution in [0.4, 0.5) is 0 Å². The number of hydrogen-bond donors (Lipinski definition) is 0. The van der Waals surface area contributed by atoms with Crippen molar-refractivity contribution in [1.82, 2.24) is 9.55 Å². The molecule has 0 aliphatic rings. The fraction of sp³-hybridized carbons (Fsp3) is 0.158. The Labute approximate surface area is 145 Å². The third kappa shape index (κ3) is 3.86. The molecule has 1 aromatic heterocycles. The second kappa shape index (κ2) is 7.84. The Hall–Kier alpha value is -2.53. The Kier molecular flexibility index (Phi) is 5.33. The van der Waals surface area contributed by atoms with Crippen molar-refractivity contribution in [1.29, 1.82) is 0 Å². The van der Waals surface area contributed by atoms with E-state index in [9.17, 15) is 4.79 Å². The van der Waals surface area contributed by atoms with Crippen LogP contribution in [-0.2, 0) is 17.0 Å². The third-order valence-electron chi connectivity index (χ3n) is 3.61. The molecule has 3 rings (SSSR count). The van der Waals surface area contributed by atoms with E-state index in [1.165, 1.54) is 12.7 Å². The number of hydrogen-bond acceptors (Lipinski definition) is 4. The van der Waals surface area contributed by atoms with Crippen LogP contribution in [0.2, 0.25) is 0 Å². The van der Waals surface area contributed by atoms with Crippen molar-refractivity contribution in [3.8, 4) is 0 Å². The van der Waals surface area contributed by atoms with Crippen LogP contribution >= 0.6 is 11.8 Å². The van der Waals surface area contributed by atoms with Gasteiger partial charge in [-0.15, -0.1) is 0 Å². The summed E-state index contributed by atoms with van der Waals surface area (Å²) in [5, 5.41) is 0.808. The Morgan fingerprint density at radius 3 is 2.29 bits per heavy atom. The van der Waals surface area contributed by atoms with E-state index in [1.54, 1.807) is 18.0 Å². The molecule has 0 aliphatic carbocycles. The second-order valence-electron chi connectivity index (χ2n) is 5.26. The summed E-state index contributed by atoms with van der Waals surface area (Å²) in [6.07, 6.45) is 1.59. The van der Waals surface area contributed by atoms with Crippen LogP contribution in [0.1, 0.15) is 21.6 Å². The van der Waals surface area contributed by atoms with Gasteiger partial charge in [0.25, 0.3) is 0 Å². The lowest BCUT2D eigenvalue weighted by Crippen LogP contribution is -2.12. The molecule has 0 radical (unpaired) electrons. The van der Waals surface area contributed by atoms with Crippen LogP contribution in [0.15, 0.2) is 72.0 Å². The fourth-order valence-electron chi connectivity index (χ4n) is 2.38. The number of ether oxygens (including phenoxy) is 1. The Bertz CT molecular complexity index is 801. The monoisotopic (exact) mass is 338 g/mol. The highest BCUT2D eigenvalue weighted by atomic mass is 32.2. The molecule has 4 nitrogen and oxygen atoms in total. The Morgan fingerprint density at radius 2 is 1.67 bits per heavy atom. The van der Waals surface area contributed by atoms with E-state index >= 15 is 0 Å². The zero-order valence-corrected chi connectivity index (χ0v) is 14.2. The van der Waals surface area contributed by atoms with Crippen molar-refractivity contribution < 1.29 is 9.53 Å². The minimum Gasteiger partial charge on any atom is -0.464 e. The number of esters is 1. The van der Waals surface area contributed by atoms with E-state index in [2.05, 4.69) is 17.1 Å². The van der Waals surface area contributed by atoms with Gasteiger partial charge in [-0.05, 0) is 11.1 Å². The van der Waals surface area contributed by atoms with E-state index in [1.807, 2.05) is 53.1 Å². The van der Waals surface area contributed by atoms with Crippen molar-refractivity contribution in [2.45, 2.75) is 17.5 Å². The largest absolute Gasteiger partial charge is 0.464 e. The van der Waals surface area contributed by atoms with Gasteiger partial charge in [-0.2, -0.15) is 0 Å². The summed E-state index contributed by atoms with van der Waals surface area (Å²) in [5.41, 5.74) is 2.80. The van der Waals surface area contributed by atoms with Crippen LogP contribution in [0.25, 0.3) is 0 Å². The molecule has 0 saturated heterocycles. The molecule has 5 heteroatoms. The highest BCUT2D eigenvalue weighted by Gasteiger charge is 2.17. The first-order valence-electron chi connectivity index (χ1n) is 7.62. The number of benzene rings is 2. The Balaban J connectivity index is 1.85. The van der Waals surface area contributed by atoms with Gasteiger partial charge in [-0.3, -0.25) is 0 Å². The fourth-order valence-corrected chi connectivity index (χ4v) is 3.32. The number of methoxy groups -OCH3 is 1. The molecular formula is C19H18N2O2S. The molecule has 0 fully saturated rings. The van der Waals surface area contributed by atoms with Gasteiger partial charge in [0.1, 0.15) is 5.69 Å². The van der Waals surface area contributed by atoms with Crippen LogP contribution in [-0.4, -0.2) is 22.6 Å². The maximum Gasteiger partial charge on any atom is 0.356 e. The van der Waals surface area contributed by atoms with Gasteiger partial charge in [0.05, 0.1) is 19.9 Å². The molecule has 0 unspecified atom stereocenters. The molecule has 24 heavy (non-hydrogen) atoms. The first-order valence-corrected chi connectivity index (χ1v) is 8.61. The summed E-state index contributed by atoms with van der Waals surface area (Å²) in [6, 6.07) is 20.2. The lowest BCUT2D eigenvalue weighted by molar-refractivity contribution is 0.0588. The summed E-state index contributed by atoms with van der Waals surface area (Å²) >= 11 is 1.61. The second-order valence-corrected chi connectivity index (χ2v) is 6.21. The number of nitrogens with zero attached hydrogens (tertiary/aromatic N) is 2. The first-order chi connectivity index (χ1) is 11.8.